The molecule has 0 bridgehead atoms. The van der Waals surface area contributed by atoms with Crippen molar-refractivity contribution in [3.8, 4) is 18.2 Å². The van der Waals surface area contributed by atoms with Crippen LogP contribution in [-0.4, -0.2) is 5.87 Å². The van der Waals surface area contributed by atoms with Crippen molar-refractivity contribution in [1.82, 2.24) is 0 Å². The highest BCUT2D eigenvalue weighted by atomic mass is 14.3. The molecule has 0 saturated carbocycles. The lowest BCUT2D eigenvalue weighted by Crippen LogP contribution is -1.78. The molecule has 0 aromatic rings. The van der Waals surface area contributed by atoms with Gasteiger partial charge >= 0.3 is 0 Å². The first-order valence-corrected chi connectivity index (χ1v) is 3.58. The van der Waals surface area contributed by atoms with Gasteiger partial charge in [0.2, 0.25) is 0 Å². The van der Waals surface area contributed by atoms with Gasteiger partial charge in [0.15, 0.2) is 0 Å². The molecule has 14 heavy (non-hydrogen) atoms. The predicted octanol–water partition coefficient (Wildman–Crippen LogP) is 1.60. The van der Waals surface area contributed by atoms with Crippen molar-refractivity contribution >= 4 is 5.87 Å². The molecule has 0 radical (unpaired) electrons. The van der Waals surface area contributed by atoms with Crippen molar-refractivity contribution in [2.75, 3.05) is 0 Å². The van der Waals surface area contributed by atoms with E-state index in [1.165, 1.54) is 12.2 Å². The number of nitriles is 3. The van der Waals surface area contributed by atoms with Crippen LogP contribution in [0.4, 0.5) is 0 Å². The van der Waals surface area contributed by atoms with E-state index in [1.54, 1.807) is 25.1 Å². The topological polar surface area (TPSA) is 95.2 Å². The average Bonchev–Trinajstić information content (AvgIpc) is 2.22. The van der Waals surface area contributed by atoms with Crippen molar-refractivity contribution in [2.45, 2.75) is 6.92 Å². The maximum absolute atomic E-state index is 8.46. The molecule has 66 valence electrons. The Morgan fingerprint density at radius 3 is 2.00 bits per heavy atom. The number of hydrogen-bond donors (Lipinski definition) is 1. The fourth-order valence-corrected chi connectivity index (χ4v) is 0.683. The second-order valence-corrected chi connectivity index (χ2v) is 2.32. The van der Waals surface area contributed by atoms with Crippen molar-refractivity contribution in [3.05, 3.63) is 28.9 Å². The highest BCUT2D eigenvalue weighted by Crippen LogP contribution is 2.03. The van der Waals surface area contributed by atoms with Crippen LogP contribution in [0.25, 0.3) is 0 Å². The lowest BCUT2D eigenvalue weighted by Gasteiger charge is -1.88. The fraction of sp³-hybridized carbons (Fsp3) is 0.100. The van der Waals surface area contributed by atoms with E-state index < -0.39 is 0 Å². The number of hydrogen-bond acceptors (Lipinski definition) is 4. The van der Waals surface area contributed by atoms with Crippen LogP contribution in [0, 0.1) is 39.4 Å². The first-order valence-electron chi connectivity index (χ1n) is 3.58. The van der Waals surface area contributed by atoms with Gasteiger partial charge < -0.3 is 0 Å². The summed E-state index contributed by atoms with van der Waals surface area (Å²) in [4.78, 5) is 0. The van der Waals surface area contributed by atoms with Gasteiger partial charge in [0.1, 0.15) is 29.4 Å². The maximum atomic E-state index is 8.46. The van der Waals surface area contributed by atoms with E-state index in [9.17, 15) is 0 Å². The summed E-state index contributed by atoms with van der Waals surface area (Å²) in [7, 11) is 0. The molecule has 0 heterocycles. The Morgan fingerprint density at radius 1 is 1.07 bits per heavy atom. The van der Waals surface area contributed by atoms with E-state index in [0.29, 0.717) is 5.57 Å². The summed E-state index contributed by atoms with van der Waals surface area (Å²) in [5.41, 5.74) is 0.564. The van der Waals surface area contributed by atoms with E-state index in [2.05, 4.69) is 0 Å². The molecule has 0 atom stereocenters. The van der Waals surface area contributed by atoms with Crippen LogP contribution >= 0.6 is 0 Å². The van der Waals surface area contributed by atoms with Crippen LogP contribution in [0.15, 0.2) is 28.9 Å². The van der Waals surface area contributed by atoms with Gasteiger partial charge in [-0.15, -0.1) is 0 Å². The second-order valence-electron chi connectivity index (χ2n) is 2.32. The van der Waals surface area contributed by atoms with Crippen LogP contribution in [0.3, 0.4) is 0 Å². The zero-order chi connectivity index (χ0) is 11.0. The summed E-state index contributed by atoms with van der Waals surface area (Å²) >= 11 is 0. The van der Waals surface area contributed by atoms with E-state index in [1.807, 2.05) is 5.87 Å². The molecule has 4 nitrogen and oxygen atoms in total. The van der Waals surface area contributed by atoms with Crippen LogP contribution in [0.5, 0.6) is 0 Å². The summed E-state index contributed by atoms with van der Waals surface area (Å²) < 4.78 is 0. The summed E-state index contributed by atoms with van der Waals surface area (Å²) in [6.07, 6.45) is 2.72. The maximum Gasteiger partial charge on any atom is 0.129 e. The molecule has 0 aromatic heterocycles. The molecule has 0 aliphatic carbocycles. The third kappa shape index (κ3) is 3.69. The van der Waals surface area contributed by atoms with Crippen LogP contribution in [-0.2, 0) is 0 Å². The van der Waals surface area contributed by atoms with Crippen molar-refractivity contribution in [2.24, 2.45) is 0 Å². The number of nitrogens with one attached hydrogen (secondary N) is 1. The predicted molar refractivity (Wildman–Crippen MR) is 49.9 cm³/mol. The molecule has 0 aliphatic heterocycles. The molecule has 4 heteroatoms. The molecule has 0 rings (SSSR count). The first-order chi connectivity index (χ1) is 6.67. The Hall–Kier alpha value is -2.60. The Bertz CT molecular complexity index is 438. The molecule has 0 spiro atoms. The molecule has 1 N–H and O–H groups in total. The SMILES string of the molecule is C/C(C=C(C#N)C#N)=C\C(=C=N)C#N. The van der Waals surface area contributed by atoms with E-state index in [4.69, 9.17) is 21.2 Å². The zero-order valence-corrected chi connectivity index (χ0v) is 7.50. The number of nitrogens with zero attached hydrogens (tertiary/aromatic N) is 3. The highest BCUT2D eigenvalue weighted by Gasteiger charge is 1.94. The zero-order valence-electron chi connectivity index (χ0n) is 7.50. The number of rotatable bonds is 2. The van der Waals surface area contributed by atoms with Crippen LogP contribution in [0.1, 0.15) is 6.92 Å². The molecule has 0 amide bonds. The van der Waals surface area contributed by atoms with E-state index >= 15 is 0 Å². The average molecular weight is 182 g/mol. The van der Waals surface area contributed by atoms with Gasteiger partial charge in [-0.05, 0) is 30.5 Å². The van der Waals surface area contributed by atoms with Gasteiger partial charge in [-0.25, -0.2) is 0 Å². The van der Waals surface area contributed by atoms with Gasteiger partial charge in [-0.3, -0.25) is 5.41 Å². The van der Waals surface area contributed by atoms with Crippen molar-refractivity contribution in [3.63, 3.8) is 0 Å². The van der Waals surface area contributed by atoms with Crippen molar-refractivity contribution in [1.29, 1.82) is 21.2 Å². The number of allylic oxidation sites excluding steroid dienone is 5. The molecule has 0 aliphatic rings. The van der Waals surface area contributed by atoms with Gasteiger partial charge in [-0.2, -0.15) is 15.8 Å². The molecular weight excluding hydrogens is 176 g/mol. The van der Waals surface area contributed by atoms with Crippen molar-refractivity contribution < 1.29 is 0 Å². The minimum absolute atomic E-state index is 0.0407. The lowest BCUT2D eigenvalue weighted by molar-refractivity contribution is 1.42. The monoisotopic (exact) mass is 182 g/mol. The van der Waals surface area contributed by atoms with Gasteiger partial charge in [0, 0.05) is 0 Å². The molecule has 0 aromatic carbocycles. The first kappa shape index (κ1) is 11.4. The normalized spacial score (nSPS) is 8.57. The standard InChI is InChI=1S/C10H6N4/c1-8(2-9(4-11)5-12)3-10(6-13)7-14/h2-3,11H,1H3/b8-2+. The molecule has 0 fully saturated rings. The Kier molecular flexibility index (Phi) is 4.87. The van der Waals surface area contributed by atoms with E-state index in [-0.39, 0.29) is 11.1 Å². The van der Waals surface area contributed by atoms with Gasteiger partial charge in [0.25, 0.3) is 0 Å². The van der Waals surface area contributed by atoms with Crippen LogP contribution < -0.4 is 0 Å². The molecular formula is C10H6N4. The summed E-state index contributed by atoms with van der Waals surface area (Å²) in [6.45, 7) is 1.63. The smallest absolute Gasteiger partial charge is 0.129 e. The third-order valence-electron chi connectivity index (χ3n) is 1.24. The third-order valence-corrected chi connectivity index (χ3v) is 1.24. The Labute approximate surface area is 81.8 Å². The second kappa shape index (κ2) is 5.98. The highest BCUT2D eigenvalue weighted by molar-refractivity contribution is 5.66. The summed E-state index contributed by atoms with van der Waals surface area (Å²) in [6, 6.07) is 5.12. The fourth-order valence-electron chi connectivity index (χ4n) is 0.683. The summed E-state index contributed by atoms with van der Waals surface area (Å²) in [5, 5.41) is 32.0. The molecule has 0 unspecified atom stereocenters. The molecule has 0 saturated heterocycles. The minimum atomic E-state index is -0.0407. The van der Waals surface area contributed by atoms with E-state index in [0.717, 1.165) is 0 Å². The van der Waals surface area contributed by atoms with Crippen LogP contribution in [0.2, 0.25) is 0 Å². The minimum Gasteiger partial charge on any atom is -0.258 e. The Balaban J connectivity index is 5.05. The largest absolute Gasteiger partial charge is 0.258 e. The quantitative estimate of drug-likeness (QED) is 0.399. The summed E-state index contributed by atoms with van der Waals surface area (Å²) in [5.74, 6) is 1.93. The Morgan fingerprint density at radius 2 is 1.64 bits per heavy atom. The lowest BCUT2D eigenvalue weighted by atomic mass is 10.1. The van der Waals surface area contributed by atoms with Gasteiger partial charge in [-0.1, -0.05) is 0 Å². The van der Waals surface area contributed by atoms with Gasteiger partial charge in [0.05, 0.1) is 0 Å².